The molecule has 1 aromatic rings. The van der Waals surface area contributed by atoms with Crippen LogP contribution in [-0.4, -0.2) is 16.1 Å². The van der Waals surface area contributed by atoms with Crippen LogP contribution in [0.2, 0.25) is 39.3 Å². The Morgan fingerprint density at radius 1 is 0.800 bits per heavy atom. The second-order valence-corrected chi connectivity index (χ2v) is 17.4. The summed E-state index contributed by atoms with van der Waals surface area (Å²) >= 11 is 0. The minimum absolute atomic E-state index is 0. The molecule has 0 N–H and O–H groups in total. The summed E-state index contributed by atoms with van der Waals surface area (Å²) in [5.41, 5.74) is 9.86. The Labute approximate surface area is 179 Å². The smallest absolute Gasteiger partial charge is 0.378 e. The van der Waals surface area contributed by atoms with Crippen LogP contribution in [0, 0.1) is 30.7 Å². The maximum Gasteiger partial charge on any atom is 4.00 e. The van der Waals surface area contributed by atoms with Gasteiger partial charge in [0.15, 0.2) is 0 Å². The summed E-state index contributed by atoms with van der Waals surface area (Å²) in [5, 5.41) is 0. The van der Waals surface area contributed by atoms with Crippen molar-refractivity contribution in [2.75, 3.05) is 0 Å². The summed E-state index contributed by atoms with van der Waals surface area (Å²) in [6.07, 6.45) is 10.0. The predicted octanol–water partition coefficient (Wildman–Crippen LogP) is 6.81. The first-order valence-electron chi connectivity index (χ1n) is 8.58. The van der Waals surface area contributed by atoms with E-state index >= 15 is 0 Å². The van der Waals surface area contributed by atoms with Gasteiger partial charge in [-0.05, 0) is 16.1 Å². The van der Waals surface area contributed by atoms with Gasteiger partial charge in [-0.25, -0.2) is 30.7 Å². The second-order valence-electron chi connectivity index (χ2n) is 7.92. The van der Waals surface area contributed by atoms with Gasteiger partial charge in [-0.2, -0.15) is 18.2 Å². The zero-order valence-electron chi connectivity index (χ0n) is 17.3. The molecule has 0 spiro atoms. The average Bonchev–Trinajstić information content (AvgIpc) is 3.14. The first-order valence-corrected chi connectivity index (χ1v) is 15.6. The van der Waals surface area contributed by atoms with Crippen molar-refractivity contribution in [3.63, 3.8) is 0 Å². The summed E-state index contributed by atoms with van der Waals surface area (Å²) < 4.78 is 0. The summed E-state index contributed by atoms with van der Waals surface area (Å²) in [6, 6.07) is 10.0. The first-order chi connectivity index (χ1) is 11.0. The van der Waals surface area contributed by atoms with Crippen LogP contribution in [0.25, 0.3) is 0 Å². The minimum atomic E-state index is -1.19. The van der Waals surface area contributed by atoms with E-state index in [-0.39, 0.29) is 26.2 Å². The molecule has 0 nitrogen and oxygen atoms in total. The summed E-state index contributed by atoms with van der Waals surface area (Å²) in [6.45, 7) is 18.2. The van der Waals surface area contributed by atoms with Gasteiger partial charge in [0.2, 0.25) is 0 Å². The van der Waals surface area contributed by atoms with E-state index in [4.69, 9.17) is 0 Å². The van der Waals surface area contributed by atoms with Gasteiger partial charge in [0.05, 0.1) is 0 Å². The summed E-state index contributed by atoms with van der Waals surface area (Å²) in [4.78, 5) is 0. The van der Waals surface area contributed by atoms with Crippen molar-refractivity contribution >= 4 is 16.1 Å². The minimum Gasteiger partial charge on any atom is -0.378 e. The number of allylic oxidation sites excluding steroid dienone is 4. The monoisotopic (exact) mass is 444 g/mol. The Hall–Kier alpha value is -0.243. The van der Waals surface area contributed by atoms with Gasteiger partial charge in [0.25, 0.3) is 0 Å². The number of rotatable bonds is 3. The van der Waals surface area contributed by atoms with Crippen LogP contribution in [0.3, 0.4) is 0 Å². The van der Waals surface area contributed by atoms with Gasteiger partial charge in [-0.1, -0.05) is 39.3 Å². The molecule has 3 heteroatoms. The van der Waals surface area contributed by atoms with Crippen LogP contribution in [-0.2, 0) is 26.2 Å². The van der Waals surface area contributed by atoms with Crippen LogP contribution in [0.4, 0.5) is 0 Å². The van der Waals surface area contributed by atoms with Crippen LogP contribution in [0.5, 0.6) is 0 Å². The molecule has 0 aromatic heterocycles. The zero-order chi connectivity index (χ0) is 18.6. The molecule has 0 unspecified atom stereocenters. The molecule has 0 saturated carbocycles. The van der Waals surface area contributed by atoms with Crippen molar-refractivity contribution in [2.45, 2.75) is 53.1 Å². The Kier molecular flexibility index (Phi) is 15.0. The molecular weight excluding hydrogens is 412 g/mol. The fourth-order valence-corrected chi connectivity index (χ4v) is 4.58. The van der Waals surface area contributed by atoms with Gasteiger partial charge in [-0.15, -0.1) is 26.7 Å². The predicted molar refractivity (Wildman–Crippen MR) is 116 cm³/mol. The first kappa shape index (κ1) is 27.0. The maximum atomic E-state index is 3.62. The molecule has 2 radical (unpaired) electrons. The molecular formula is C22H34Si2Zr. The van der Waals surface area contributed by atoms with E-state index in [9.17, 15) is 0 Å². The van der Waals surface area contributed by atoms with E-state index in [1.807, 2.05) is 61.7 Å². The van der Waals surface area contributed by atoms with Crippen molar-refractivity contribution in [1.29, 1.82) is 0 Å². The third-order valence-corrected chi connectivity index (χ3v) is 5.05. The van der Waals surface area contributed by atoms with E-state index in [2.05, 4.69) is 64.5 Å². The quantitative estimate of drug-likeness (QED) is 0.272. The molecule has 0 bridgehead atoms. The average molecular weight is 446 g/mol. The van der Waals surface area contributed by atoms with Crippen molar-refractivity contribution in [2.24, 2.45) is 0 Å². The van der Waals surface area contributed by atoms with Gasteiger partial charge in [-0.3, -0.25) is 0 Å². The molecule has 25 heavy (non-hydrogen) atoms. The second kappa shape index (κ2) is 13.9. The van der Waals surface area contributed by atoms with E-state index in [1.165, 1.54) is 11.1 Å². The maximum absolute atomic E-state index is 3.62. The number of hydrogen-bond acceptors (Lipinski definition) is 0. The van der Waals surface area contributed by atoms with Crippen molar-refractivity contribution in [3.05, 3.63) is 84.3 Å². The molecule has 1 aromatic carbocycles. The summed E-state index contributed by atoms with van der Waals surface area (Å²) in [5.74, 6) is 0. The Balaban J connectivity index is 0. The molecule has 0 saturated heterocycles. The SMILES string of the molecule is CC(=[C-][Si](C)(C)C)C(C)=[C-][Si](C)(C)C.[CH]1[CH][CH-]C=C1.[Zr+4].c1cc[cH-]c1. The van der Waals surface area contributed by atoms with Crippen LogP contribution < -0.4 is 0 Å². The molecule has 0 heterocycles. The van der Waals surface area contributed by atoms with Crippen molar-refractivity contribution < 1.29 is 26.2 Å². The van der Waals surface area contributed by atoms with E-state index in [0.717, 1.165) is 0 Å². The third kappa shape index (κ3) is 19.9. The van der Waals surface area contributed by atoms with Crippen LogP contribution in [0.1, 0.15) is 13.8 Å². The van der Waals surface area contributed by atoms with Gasteiger partial charge in [0.1, 0.15) is 0 Å². The van der Waals surface area contributed by atoms with Gasteiger partial charge >= 0.3 is 26.2 Å². The van der Waals surface area contributed by atoms with Crippen LogP contribution >= 0.6 is 0 Å². The Morgan fingerprint density at radius 3 is 1.40 bits per heavy atom. The number of hydrogen-bond donors (Lipinski definition) is 0. The largest absolute Gasteiger partial charge is 4.00 e. The van der Waals surface area contributed by atoms with E-state index < -0.39 is 16.1 Å². The normalized spacial score (nSPS) is 14.4. The molecule has 1 aliphatic rings. The van der Waals surface area contributed by atoms with Crippen LogP contribution in [0.15, 0.2) is 53.6 Å². The summed E-state index contributed by atoms with van der Waals surface area (Å²) in [7, 11) is -2.38. The fraction of sp³-hybridized carbons (Fsp3) is 0.364. The molecule has 134 valence electrons. The van der Waals surface area contributed by atoms with Gasteiger partial charge in [0, 0.05) is 0 Å². The molecule has 1 aliphatic carbocycles. The fourth-order valence-electron chi connectivity index (χ4n) is 1.95. The Morgan fingerprint density at radius 2 is 1.24 bits per heavy atom. The van der Waals surface area contributed by atoms with E-state index in [0.29, 0.717) is 0 Å². The molecule has 0 fully saturated rings. The van der Waals surface area contributed by atoms with E-state index in [1.54, 1.807) is 0 Å². The zero-order valence-corrected chi connectivity index (χ0v) is 21.7. The van der Waals surface area contributed by atoms with Crippen molar-refractivity contribution in [3.8, 4) is 0 Å². The topological polar surface area (TPSA) is 0 Å². The standard InChI is InChI=1S/C12H24Si2.2C5H5.Zr/c1-11(9-13(3,4)5)12(2)10-14(6,7)8;2*1-2-4-5-3-1;/h1-8H3;2*1-5H;/q-2;2*-1;+4. The molecule has 0 atom stereocenters. The molecule has 0 aliphatic heterocycles. The third-order valence-electron chi connectivity index (χ3n) is 2.80. The molecule has 0 amide bonds. The Bertz CT molecular complexity index is 458. The van der Waals surface area contributed by atoms with Gasteiger partial charge < -0.3 is 22.5 Å². The molecule has 2 rings (SSSR count). The van der Waals surface area contributed by atoms with Crippen molar-refractivity contribution in [1.82, 2.24) is 0 Å².